The second-order valence-corrected chi connectivity index (χ2v) is 7.26. The molecule has 2 amide bonds. The summed E-state index contributed by atoms with van der Waals surface area (Å²) in [6, 6.07) is 7.30. The molecule has 3 rings (SSSR count). The summed E-state index contributed by atoms with van der Waals surface area (Å²) in [6.07, 6.45) is 0.957. The Balaban J connectivity index is 1.36. The zero-order valence-electron chi connectivity index (χ0n) is 17.2. The van der Waals surface area contributed by atoms with Crippen molar-refractivity contribution in [3.05, 3.63) is 24.3 Å². The van der Waals surface area contributed by atoms with Crippen LogP contribution >= 0.6 is 0 Å². The molecule has 8 heteroatoms. The van der Waals surface area contributed by atoms with Gasteiger partial charge in [-0.2, -0.15) is 0 Å². The highest BCUT2D eigenvalue weighted by molar-refractivity contribution is 5.80. The second kappa shape index (κ2) is 11.0. The van der Waals surface area contributed by atoms with Crippen molar-refractivity contribution in [2.24, 2.45) is 0 Å². The predicted octanol–water partition coefficient (Wildman–Crippen LogP) is 0.857. The van der Waals surface area contributed by atoms with Crippen molar-refractivity contribution in [1.82, 2.24) is 14.7 Å². The number of amides is 2. The minimum absolute atomic E-state index is 0.00309. The van der Waals surface area contributed by atoms with E-state index in [1.54, 1.807) is 17.0 Å². The highest BCUT2D eigenvalue weighted by Gasteiger charge is 2.25. The second-order valence-electron chi connectivity index (χ2n) is 7.26. The number of carbonyl (C=O) groups is 2. The molecule has 1 aromatic rings. The van der Waals surface area contributed by atoms with Crippen LogP contribution in [-0.2, 0) is 14.3 Å². The summed E-state index contributed by atoms with van der Waals surface area (Å²) < 4.78 is 16.5. The molecule has 0 spiro atoms. The Bertz CT molecular complexity index is 653. The van der Waals surface area contributed by atoms with Crippen LogP contribution in [0.15, 0.2) is 24.3 Å². The molecular formula is C21H31N3O5. The molecule has 0 aromatic heterocycles. The number of benzene rings is 1. The Kier molecular flexibility index (Phi) is 8.13. The van der Waals surface area contributed by atoms with Crippen LogP contribution in [0.25, 0.3) is 0 Å². The first kappa shape index (κ1) is 21.4. The van der Waals surface area contributed by atoms with E-state index in [4.69, 9.17) is 14.2 Å². The minimum atomic E-state index is -0.0587. The van der Waals surface area contributed by atoms with Crippen molar-refractivity contribution in [3.8, 4) is 11.5 Å². The Morgan fingerprint density at radius 3 is 2.00 bits per heavy atom. The third-order valence-corrected chi connectivity index (χ3v) is 5.11. The van der Waals surface area contributed by atoms with Crippen LogP contribution in [0.5, 0.6) is 11.5 Å². The van der Waals surface area contributed by atoms with E-state index in [0.717, 1.165) is 25.3 Å². The lowest BCUT2D eigenvalue weighted by atomic mass is 10.3. The number of rotatable bonds is 8. The van der Waals surface area contributed by atoms with Crippen LogP contribution in [0.3, 0.4) is 0 Å². The Morgan fingerprint density at radius 1 is 0.862 bits per heavy atom. The van der Waals surface area contributed by atoms with Gasteiger partial charge in [-0.15, -0.1) is 0 Å². The number of piperazine rings is 1. The van der Waals surface area contributed by atoms with Gasteiger partial charge in [0.05, 0.1) is 26.4 Å². The van der Waals surface area contributed by atoms with Crippen LogP contribution in [0.1, 0.15) is 13.3 Å². The fourth-order valence-corrected chi connectivity index (χ4v) is 3.34. The Labute approximate surface area is 172 Å². The van der Waals surface area contributed by atoms with Crippen molar-refractivity contribution in [1.29, 1.82) is 0 Å². The molecule has 1 aromatic carbocycles. The summed E-state index contributed by atoms with van der Waals surface area (Å²) in [7, 11) is 0. The van der Waals surface area contributed by atoms with E-state index in [1.807, 2.05) is 17.0 Å². The molecule has 29 heavy (non-hydrogen) atoms. The summed E-state index contributed by atoms with van der Waals surface area (Å²) in [5.74, 6) is 1.50. The van der Waals surface area contributed by atoms with E-state index in [2.05, 4.69) is 11.8 Å². The van der Waals surface area contributed by atoms with E-state index in [0.29, 0.717) is 58.3 Å². The van der Waals surface area contributed by atoms with Gasteiger partial charge in [0, 0.05) is 39.3 Å². The lowest BCUT2D eigenvalue weighted by Crippen LogP contribution is -2.54. The number of hydrogen-bond donors (Lipinski definition) is 0. The lowest BCUT2D eigenvalue weighted by Gasteiger charge is -2.36. The molecule has 0 bridgehead atoms. The van der Waals surface area contributed by atoms with Crippen molar-refractivity contribution in [2.45, 2.75) is 13.3 Å². The zero-order valence-corrected chi connectivity index (χ0v) is 17.2. The molecule has 2 fully saturated rings. The molecule has 0 N–H and O–H groups in total. The lowest BCUT2D eigenvalue weighted by molar-refractivity contribution is -0.141. The van der Waals surface area contributed by atoms with Gasteiger partial charge in [0.15, 0.2) is 6.61 Å². The van der Waals surface area contributed by atoms with Crippen LogP contribution in [-0.4, -0.2) is 98.8 Å². The first-order valence-corrected chi connectivity index (χ1v) is 10.4. The first-order valence-electron chi connectivity index (χ1n) is 10.4. The number of ether oxygens (including phenoxy) is 3. The van der Waals surface area contributed by atoms with Gasteiger partial charge in [0.1, 0.15) is 11.5 Å². The van der Waals surface area contributed by atoms with Crippen molar-refractivity contribution in [2.75, 3.05) is 72.2 Å². The van der Waals surface area contributed by atoms with Gasteiger partial charge in [-0.25, -0.2) is 0 Å². The van der Waals surface area contributed by atoms with Crippen LogP contribution in [0, 0.1) is 0 Å². The van der Waals surface area contributed by atoms with Crippen molar-refractivity contribution < 1.29 is 23.8 Å². The number of hydrogen-bond acceptors (Lipinski definition) is 6. The molecule has 0 unspecified atom stereocenters. The Morgan fingerprint density at radius 2 is 1.41 bits per heavy atom. The van der Waals surface area contributed by atoms with E-state index in [1.165, 1.54) is 0 Å². The molecule has 2 saturated heterocycles. The maximum Gasteiger partial charge on any atom is 0.260 e. The molecule has 0 atom stereocenters. The highest BCUT2D eigenvalue weighted by Crippen LogP contribution is 2.18. The van der Waals surface area contributed by atoms with Gasteiger partial charge in [0.2, 0.25) is 5.91 Å². The summed E-state index contributed by atoms with van der Waals surface area (Å²) in [4.78, 5) is 30.6. The van der Waals surface area contributed by atoms with Gasteiger partial charge >= 0.3 is 0 Å². The standard InChI is InChI=1S/C21H31N3O5/c1-2-13-28-18-3-5-19(6-4-18)29-17-21(26)24-9-7-23(8-10-24)20(25)16-22-11-14-27-15-12-22/h3-6H,2,7-17H2,1H3. The third-order valence-electron chi connectivity index (χ3n) is 5.11. The van der Waals surface area contributed by atoms with Gasteiger partial charge in [-0.05, 0) is 30.7 Å². The number of morpholine rings is 1. The summed E-state index contributed by atoms with van der Waals surface area (Å²) in [5.41, 5.74) is 0. The summed E-state index contributed by atoms with van der Waals surface area (Å²) in [6.45, 7) is 8.35. The number of nitrogens with zero attached hydrogens (tertiary/aromatic N) is 3. The fraction of sp³-hybridized carbons (Fsp3) is 0.619. The monoisotopic (exact) mass is 405 g/mol. The van der Waals surface area contributed by atoms with Gasteiger partial charge in [-0.1, -0.05) is 6.92 Å². The quantitative estimate of drug-likeness (QED) is 0.639. The molecule has 160 valence electrons. The van der Waals surface area contributed by atoms with Gasteiger partial charge < -0.3 is 24.0 Å². The van der Waals surface area contributed by atoms with E-state index in [-0.39, 0.29) is 18.4 Å². The molecule has 2 aliphatic heterocycles. The van der Waals surface area contributed by atoms with Crippen LogP contribution < -0.4 is 9.47 Å². The molecule has 2 heterocycles. The molecular weight excluding hydrogens is 374 g/mol. The molecule has 0 saturated carbocycles. The van der Waals surface area contributed by atoms with Gasteiger partial charge in [0.25, 0.3) is 5.91 Å². The largest absolute Gasteiger partial charge is 0.494 e. The van der Waals surface area contributed by atoms with E-state index < -0.39 is 0 Å². The molecule has 8 nitrogen and oxygen atoms in total. The van der Waals surface area contributed by atoms with E-state index >= 15 is 0 Å². The average molecular weight is 405 g/mol. The van der Waals surface area contributed by atoms with Crippen molar-refractivity contribution in [3.63, 3.8) is 0 Å². The van der Waals surface area contributed by atoms with Crippen LogP contribution in [0.4, 0.5) is 0 Å². The molecule has 0 radical (unpaired) electrons. The minimum Gasteiger partial charge on any atom is -0.494 e. The first-order chi connectivity index (χ1) is 14.2. The maximum atomic E-state index is 12.5. The topological polar surface area (TPSA) is 71.6 Å². The number of carbonyl (C=O) groups excluding carboxylic acids is 2. The zero-order chi connectivity index (χ0) is 20.5. The SMILES string of the molecule is CCCOc1ccc(OCC(=O)N2CCN(C(=O)CN3CCOCC3)CC2)cc1. The smallest absolute Gasteiger partial charge is 0.260 e. The average Bonchev–Trinajstić information content (AvgIpc) is 2.77. The normalized spacial score (nSPS) is 17.8. The van der Waals surface area contributed by atoms with Crippen molar-refractivity contribution >= 4 is 11.8 Å². The van der Waals surface area contributed by atoms with E-state index in [9.17, 15) is 9.59 Å². The predicted molar refractivity (Wildman–Crippen MR) is 108 cm³/mol. The maximum absolute atomic E-state index is 12.5. The summed E-state index contributed by atoms with van der Waals surface area (Å²) >= 11 is 0. The summed E-state index contributed by atoms with van der Waals surface area (Å²) in [5, 5.41) is 0. The van der Waals surface area contributed by atoms with Gasteiger partial charge in [-0.3, -0.25) is 14.5 Å². The fourth-order valence-electron chi connectivity index (χ4n) is 3.34. The Hall–Kier alpha value is -2.32. The highest BCUT2D eigenvalue weighted by atomic mass is 16.5. The third kappa shape index (κ3) is 6.61. The van der Waals surface area contributed by atoms with Crippen LogP contribution in [0.2, 0.25) is 0 Å². The molecule has 2 aliphatic rings. The molecule has 0 aliphatic carbocycles.